The van der Waals surface area contributed by atoms with Crippen LogP contribution in [0.1, 0.15) is 21.5 Å². The van der Waals surface area contributed by atoms with Crippen molar-refractivity contribution in [2.24, 2.45) is 0 Å². The average Bonchev–Trinajstić information content (AvgIpc) is 3.20. The van der Waals surface area contributed by atoms with E-state index in [4.69, 9.17) is 9.47 Å². The van der Waals surface area contributed by atoms with E-state index in [-0.39, 0.29) is 48.0 Å². The van der Waals surface area contributed by atoms with Crippen molar-refractivity contribution in [1.29, 1.82) is 0 Å². The van der Waals surface area contributed by atoms with Crippen molar-refractivity contribution in [3.05, 3.63) is 156 Å². The van der Waals surface area contributed by atoms with Crippen LogP contribution in [0.15, 0.2) is 128 Å². The summed E-state index contributed by atoms with van der Waals surface area (Å²) in [6.07, 6.45) is -1.45. The van der Waals surface area contributed by atoms with E-state index in [0.717, 1.165) is 30.3 Å². The van der Waals surface area contributed by atoms with Gasteiger partial charge in [-0.25, -0.2) is 4.79 Å². The van der Waals surface area contributed by atoms with Crippen LogP contribution in [0.3, 0.4) is 0 Å². The molecule has 0 aliphatic rings. The highest BCUT2D eigenvalue weighted by molar-refractivity contribution is 9.69. The minimum atomic E-state index is -4.55. The van der Waals surface area contributed by atoms with Crippen LogP contribution in [0.4, 0.5) is 13.2 Å². The molecule has 12 nitrogen and oxygen atoms in total. The lowest BCUT2D eigenvalue weighted by molar-refractivity contribution is -0.137. The molecule has 61 heavy (non-hydrogen) atoms. The highest BCUT2D eigenvalue weighted by Crippen LogP contribution is 2.34. The molecule has 0 aliphatic carbocycles. The number of methoxy groups -OCH3 is 1. The Balaban J connectivity index is 0.000000267. The van der Waals surface area contributed by atoms with Gasteiger partial charge in [0.1, 0.15) is 28.7 Å². The van der Waals surface area contributed by atoms with Crippen LogP contribution >= 0.6 is 79.1 Å². The predicted octanol–water partition coefficient (Wildman–Crippen LogP) is 9.69. The Morgan fingerprint density at radius 1 is 0.721 bits per heavy atom. The van der Waals surface area contributed by atoms with Crippen molar-refractivity contribution in [2.75, 3.05) is 7.11 Å². The van der Waals surface area contributed by atoms with Crippen LogP contribution in [-0.4, -0.2) is 51.3 Å². The summed E-state index contributed by atoms with van der Waals surface area (Å²) in [6, 6.07) is 21.8. The maximum Gasteiger partial charge on any atom is 0.416 e. The van der Waals surface area contributed by atoms with E-state index in [1.54, 1.807) is 54.9 Å². The Hall–Kier alpha value is -4.64. The summed E-state index contributed by atoms with van der Waals surface area (Å²) in [5, 5.41) is 39.4. The number of halogens is 8. The molecule has 0 atom stereocenters. The largest absolute Gasteiger partial charge is 0.508 e. The molecule has 0 amide bonds. The number of aliphatic hydroxyl groups excluding tert-OH is 1. The molecule has 5 aromatic carbocycles. The van der Waals surface area contributed by atoms with Crippen molar-refractivity contribution in [3.8, 4) is 40.1 Å². The van der Waals surface area contributed by atoms with Gasteiger partial charge in [-0.05, 0) is 128 Å². The Labute approximate surface area is 385 Å². The number of esters is 1. The molecule has 2 aromatic heterocycles. The Kier molecular flexibility index (Phi) is 16.8. The molecule has 0 aliphatic heterocycles. The minimum Gasteiger partial charge on any atom is -0.508 e. The number of pyridine rings is 2. The first-order chi connectivity index (χ1) is 28.3. The van der Waals surface area contributed by atoms with Crippen molar-refractivity contribution < 1.29 is 53.3 Å². The molecule has 21 heteroatoms. The number of benzene rings is 5. The van der Waals surface area contributed by atoms with Crippen molar-refractivity contribution in [2.45, 2.75) is 12.8 Å². The number of ether oxygens (including phenoxy) is 2. The van der Waals surface area contributed by atoms with Crippen LogP contribution in [0.25, 0.3) is 32.9 Å². The number of carbonyl (C=O) groups is 1. The summed E-state index contributed by atoms with van der Waals surface area (Å²) >= 11 is 16.1. The zero-order valence-electron chi connectivity index (χ0n) is 30.9. The van der Waals surface area contributed by atoms with Gasteiger partial charge >= 0.3 is 15.3 Å². The first-order valence-electron chi connectivity index (χ1n) is 16.8. The molecule has 0 radical (unpaired) electrons. The second-order valence-corrected chi connectivity index (χ2v) is 20.4. The van der Waals surface area contributed by atoms with Gasteiger partial charge in [-0.15, -0.1) is 47.3 Å². The third-order valence-corrected chi connectivity index (χ3v) is 9.70. The second kappa shape index (κ2) is 21.0. The van der Waals surface area contributed by atoms with Crippen molar-refractivity contribution in [3.63, 3.8) is 0 Å². The van der Waals surface area contributed by atoms with Gasteiger partial charge in [0.05, 0.1) is 35.6 Å². The highest BCUT2D eigenvalue weighted by Gasteiger charge is 2.30. The standard InChI is InChI=1S/C25H17BrF3NO5.C15H10BrNO4.BBr3.H2O/c1-34-18-8-6-17(7-9-18)30-12-20(26)19-10-14(13-31)11-21(22(19)23(30)32)35-24(33)15-2-4-16(5-3-15)25(27,28)29;16-12-7-17(8-1-3-9(18)4-2-8)15(21)14-11(12)5-10(19)6-13(14)20;2-1(3)4;/h2-12,31H,13H2,1H3;1-7,18-20H;;1H2. The number of carbonyl (C=O) groups excluding carboxylic acids is 1. The van der Waals surface area contributed by atoms with Gasteiger partial charge in [0.2, 0.25) is 0 Å². The highest BCUT2D eigenvalue weighted by atomic mass is 79.9. The van der Waals surface area contributed by atoms with Gasteiger partial charge in [0.15, 0.2) is 0 Å². The molecule has 0 fully saturated rings. The van der Waals surface area contributed by atoms with Crippen molar-refractivity contribution in [1.82, 2.24) is 9.13 Å². The van der Waals surface area contributed by atoms with Gasteiger partial charge in [-0.2, -0.15) is 13.2 Å². The summed E-state index contributed by atoms with van der Waals surface area (Å²) < 4.78 is 53.1. The fraction of sp³-hybridized carbons (Fsp3) is 0.0750. The number of aliphatic hydroxyl groups is 1. The van der Waals surface area contributed by atoms with Gasteiger partial charge in [0.25, 0.3) is 11.1 Å². The van der Waals surface area contributed by atoms with E-state index in [9.17, 15) is 48.0 Å². The van der Waals surface area contributed by atoms with Crippen LogP contribution in [-0.2, 0) is 12.8 Å². The molecule has 0 saturated heterocycles. The van der Waals surface area contributed by atoms with Crippen LogP contribution in [0.5, 0.6) is 28.7 Å². The Morgan fingerprint density at radius 2 is 1.21 bits per heavy atom. The summed E-state index contributed by atoms with van der Waals surface area (Å²) in [7, 11) is 1.52. The molecule has 2 heterocycles. The van der Waals surface area contributed by atoms with E-state index in [0.29, 0.717) is 42.4 Å². The number of fused-ring (bicyclic) bond motifs is 2. The molecular formula is C40H29BBr5F3N2O10. The number of phenolic OH excluding ortho intramolecular Hbond substituents is 3. The topological polar surface area (TPSA) is 192 Å². The molecule has 0 bridgehead atoms. The predicted molar refractivity (Wildman–Crippen MR) is 245 cm³/mol. The van der Waals surface area contributed by atoms with Crippen molar-refractivity contribution >= 4 is 110 Å². The molecule has 6 N–H and O–H groups in total. The SMILES string of the molecule is BrB(Br)Br.COc1ccc(-n2cc(Br)c3cc(CO)cc(OC(=O)c4ccc(C(F)(F)F)cc4)c3c2=O)cc1.O.O=c1c2c(O)cc(O)cc2c(Br)cn1-c1ccc(O)cc1. The van der Waals surface area contributed by atoms with Gasteiger partial charge < -0.3 is 35.4 Å². The second-order valence-electron chi connectivity index (χ2n) is 12.3. The first-order valence-corrected chi connectivity index (χ1v) is 21.2. The van der Waals surface area contributed by atoms with Crippen LogP contribution < -0.4 is 20.6 Å². The minimum absolute atomic E-state index is 0. The molecule has 318 valence electrons. The third-order valence-electron chi connectivity index (χ3n) is 8.44. The Morgan fingerprint density at radius 3 is 1.70 bits per heavy atom. The number of phenols is 3. The number of hydrogen-bond donors (Lipinski definition) is 4. The summed E-state index contributed by atoms with van der Waals surface area (Å²) in [5.41, 5.74) is -0.531. The average molecular weight is 1170 g/mol. The number of aromatic nitrogens is 2. The van der Waals surface area contributed by atoms with E-state index in [1.807, 2.05) is 0 Å². The maximum atomic E-state index is 13.5. The summed E-state index contributed by atoms with van der Waals surface area (Å²) in [5.74, 6) is -0.804. The van der Waals surface area contributed by atoms with Gasteiger partial charge in [-0.1, -0.05) is 0 Å². The quantitative estimate of drug-likeness (QED) is 0.0713. The van der Waals surface area contributed by atoms with E-state index in [1.165, 1.54) is 40.5 Å². The normalized spacial score (nSPS) is 10.8. The van der Waals surface area contributed by atoms with Crippen LogP contribution in [0, 0.1) is 0 Å². The van der Waals surface area contributed by atoms with Gasteiger partial charge in [0, 0.05) is 49.6 Å². The molecule has 7 aromatic rings. The van der Waals surface area contributed by atoms with E-state index < -0.39 is 35.4 Å². The lowest BCUT2D eigenvalue weighted by atomic mass is 10.1. The van der Waals surface area contributed by atoms with Crippen LogP contribution in [0.2, 0.25) is 0 Å². The zero-order valence-corrected chi connectivity index (χ0v) is 38.9. The monoisotopic (exact) mass is 1160 g/mol. The van der Waals surface area contributed by atoms with Gasteiger partial charge in [-0.3, -0.25) is 18.7 Å². The molecule has 0 saturated carbocycles. The third kappa shape index (κ3) is 11.8. The first kappa shape index (κ1) is 49.0. The number of alkyl halides is 3. The summed E-state index contributed by atoms with van der Waals surface area (Å²) in [6.45, 7) is -0.394. The number of nitrogens with zero attached hydrogens (tertiary/aromatic N) is 2. The molecule has 0 spiro atoms. The molecular weight excluding hydrogens is 1140 g/mol. The van der Waals surface area contributed by atoms with E-state index in [2.05, 4.69) is 79.1 Å². The fourth-order valence-corrected chi connectivity index (χ4v) is 6.73. The molecule has 7 rings (SSSR count). The maximum absolute atomic E-state index is 13.5. The van der Waals surface area contributed by atoms with E-state index >= 15 is 0 Å². The zero-order chi connectivity index (χ0) is 44.1. The fourth-order valence-electron chi connectivity index (χ4n) is 5.70. The lowest BCUT2D eigenvalue weighted by Crippen LogP contribution is -2.20. The molecule has 0 unspecified atom stereocenters. The number of rotatable bonds is 6. The Bertz CT molecular complexity index is 2810. The number of hydrogen-bond acceptors (Lipinski definition) is 9. The number of aromatic hydroxyl groups is 3. The smallest absolute Gasteiger partial charge is 0.416 e. The lowest BCUT2D eigenvalue weighted by Gasteiger charge is -2.14. The summed E-state index contributed by atoms with van der Waals surface area (Å²) in [4.78, 5) is 38.7.